The summed E-state index contributed by atoms with van der Waals surface area (Å²) in [6.45, 7) is 0.157. The van der Waals surface area contributed by atoms with Crippen molar-refractivity contribution in [1.29, 1.82) is 0 Å². The molecule has 0 saturated heterocycles. The molecule has 0 bridgehead atoms. The number of rotatable bonds is 2. The monoisotopic (exact) mass is 315 g/mol. The molecule has 2 rings (SSSR count). The van der Waals surface area contributed by atoms with Crippen LogP contribution in [0.3, 0.4) is 0 Å². The largest absolute Gasteiger partial charge is 0.310 e. The Morgan fingerprint density at radius 3 is 2.88 bits per heavy atom. The Balaban J connectivity index is 2.41. The summed E-state index contributed by atoms with van der Waals surface area (Å²) < 4.78 is 15.4. The third kappa shape index (κ3) is 2.76. The van der Waals surface area contributed by atoms with E-state index in [9.17, 15) is 9.18 Å². The fourth-order valence-corrected chi connectivity index (χ4v) is 2.06. The molecule has 1 heterocycles. The molecule has 0 spiro atoms. The molecule has 2 aromatic rings. The third-order valence-corrected chi connectivity index (χ3v) is 3.16. The summed E-state index contributed by atoms with van der Waals surface area (Å²) in [5, 5.41) is 0.449. The standard InChI is InChI=1S/C12H8BrClFNO/c13-10-2-1-5-16(12(10)17)7-8-6-9(14)3-4-11(8)15/h1-6H,7H2. The third-order valence-electron chi connectivity index (χ3n) is 2.32. The lowest BCUT2D eigenvalue weighted by molar-refractivity contribution is 0.596. The van der Waals surface area contributed by atoms with Gasteiger partial charge in [0.1, 0.15) is 5.82 Å². The Labute approximate surface area is 111 Å². The van der Waals surface area contributed by atoms with E-state index in [1.165, 1.54) is 22.8 Å². The number of benzene rings is 1. The van der Waals surface area contributed by atoms with E-state index >= 15 is 0 Å². The molecule has 1 aromatic carbocycles. The first kappa shape index (κ1) is 12.3. The molecule has 1 aromatic heterocycles. The normalized spacial score (nSPS) is 10.5. The second-order valence-electron chi connectivity index (χ2n) is 3.52. The summed E-state index contributed by atoms with van der Waals surface area (Å²) in [6, 6.07) is 7.65. The molecule has 5 heteroatoms. The van der Waals surface area contributed by atoms with Crippen molar-refractivity contribution in [3.05, 3.63) is 67.8 Å². The average molecular weight is 317 g/mol. The number of hydrogen-bond acceptors (Lipinski definition) is 1. The molecular weight excluding hydrogens is 308 g/mol. The molecule has 0 atom stereocenters. The van der Waals surface area contributed by atoms with E-state index in [2.05, 4.69) is 15.9 Å². The van der Waals surface area contributed by atoms with Gasteiger partial charge in [-0.05, 0) is 46.3 Å². The van der Waals surface area contributed by atoms with E-state index in [0.29, 0.717) is 15.1 Å². The van der Waals surface area contributed by atoms with Gasteiger partial charge in [-0.15, -0.1) is 0 Å². The van der Waals surface area contributed by atoms with Crippen molar-refractivity contribution in [2.45, 2.75) is 6.54 Å². The van der Waals surface area contributed by atoms with E-state index in [1.807, 2.05) is 0 Å². The quantitative estimate of drug-likeness (QED) is 0.832. The minimum atomic E-state index is -0.374. The molecule has 0 aliphatic rings. The van der Waals surface area contributed by atoms with Gasteiger partial charge in [0, 0.05) is 16.8 Å². The van der Waals surface area contributed by atoms with Crippen molar-refractivity contribution in [3.8, 4) is 0 Å². The second-order valence-corrected chi connectivity index (χ2v) is 4.82. The number of aromatic nitrogens is 1. The van der Waals surface area contributed by atoms with Gasteiger partial charge in [0.05, 0.1) is 11.0 Å². The Bertz CT molecular complexity index is 612. The maximum Gasteiger partial charge on any atom is 0.265 e. The van der Waals surface area contributed by atoms with Crippen LogP contribution >= 0.6 is 27.5 Å². The summed E-state index contributed by atoms with van der Waals surface area (Å²) in [7, 11) is 0. The highest BCUT2D eigenvalue weighted by Crippen LogP contribution is 2.15. The lowest BCUT2D eigenvalue weighted by atomic mass is 10.2. The molecule has 17 heavy (non-hydrogen) atoms. The highest BCUT2D eigenvalue weighted by molar-refractivity contribution is 9.10. The van der Waals surface area contributed by atoms with Gasteiger partial charge in [0.15, 0.2) is 0 Å². The molecule has 0 aliphatic carbocycles. The fraction of sp³-hybridized carbons (Fsp3) is 0.0833. The van der Waals surface area contributed by atoms with Crippen LogP contribution in [0.4, 0.5) is 4.39 Å². The first-order chi connectivity index (χ1) is 8.08. The molecule has 0 unspecified atom stereocenters. The van der Waals surface area contributed by atoms with E-state index in [0.717, 1.165) is 0 Å². The smallest absolute Gasteiger partial charge is 0.265 e. The Morgan fingerprint density at radius 1 is 1.35 bits per heavy atom. The number of nitrogens with zero attached hydrogens (tertiary/aromatic N) is 1. The number of pyridine rings is 1. The predicted octanol–water partition coefficient (Wildman–Crippen LogP) is 3.45. The van der Waals surface area contributed by atoms with Crippen molar-refractivity contribution in [1.82, 2.24) is 4.57 Å². The van der Waals surface area contributed by atoms with E-state index in [-0.39, 0.29) is 17.9 Å². The summed E-state index contributed by atoms with van der Waals surface area (Å²) in [4.78, 5) is 11.7. The maximum absolute atomic E-state index is 13.5. The molecule has 0 amide bonds. The van der Waals surface area contributed by atoms with Crippen LogP contribution in [0.5, 0.6) is 0 Å². The van der Waals surface area contributed by atoms with Crippen LogP contribution in [-0.4, -0.2) is 4.57 Å². The minimum Gasteiger partial charge on any atom is -0.310 e. The Morgan fingerprint density at radius 2 is 2.12 bits per heavy atom. The van der Waals surface area contributed by atoms with Gasteiger partial charge < -0.3 is 4.57 Å². The summed E-state index contributed by atoms with van der Waals surface area (Å²) in [5.41, 5.74) is 0.185. The number of hydrogen-bond donors (Lipinski definition) is 0. The zero-order valence-corrected chi connectivity index (χ0v) is 11.0. The van der Waals surface area contributed by atoms with Gasteiger partial charge in [0.25, 0.3) is 5.56 Å². The molecule has 0 fully saturated rings. The molecule has 2 nitrogen and oxygen atoms in total. The average Bonchev–Trinajstić information content (AvgIpc) is 2.30. The van der Waals surface area contributed by atoms with Gasteiger partial charge in [-0.25, -0.2) is 4.39 Å². The summed E-state index contributed by atoms with van der Waals surface area (Å²) in [6.07, 6.45) is 1.60. The zero-order chi connectivity index (χ0) is 12.4. The SMILES string of the molecule is O=c1c(Br)cccn1Cc1cc(Cl)ccc1F. The van der Waals surface area contributed by atoms with Crippen LogP contribution < -0.4 is 5.56 Å². The van der Waals surface area contributed by atoms with Crippen LogP contribution in [0.2, 0.25) is 5.02 Å². The van der Waals surface area contributed by atoms with Crippen molar-refractivity contribution in [2.24, 2.45) is 0 Å². The molecule has 0 aliphatic heterocycles. The van der Waals surface area contributed by atoms with Gasteiger partial charge >= 0.3 is 0 Å². The lowest BCUT2D eigenvalue weighted by Crippen LogP contribution is -2.20. The minimum absolute atomic E-state index is 0.157. The van der Waals surface area contributed by atoms with Crippen LogP contribution in [0.25, 0.3) is 0 Å². The highest BCUT2D eigenvalue weighted by Gasteiger charge is 2.06. The first-order valence-corrected chi connectivity index (χ1v) is 6.04. The van der Waals surface area contributed by atoms with Gasteiger partial charge in [-0.2, -0.15) is 0 Å². The molecule has 0 saturated carbocycles. The van der Waals surface area contributed by atoms with E-state index in [4.69, 9.17) is 11.6 Å². The van der Waals surface area contributed by atoms with Crippen LogP contribution in [0.1, 0.15) is 5.56 Å². The van der Waals surface area contributed by atoms with Crippen molar-refractivity contribution in [2.75, 3.05) is 0 Å². The van der Waals surface area contributed by atoms with Gasteiger partial charge in [-0.1, -0.05) is 11.6 Å². The Hall–Kier alpha value is -1.13. The predicted molar refractivity (Wildman–Crippen MR) is 68.9 cm³/mol. The molecule has 88 valence electrons. The van der Waals surface area contributed by atoms with Crippen molar-refractivity contribution < 1.29 is 4.39 Å². The summed E-state index contributed by atoms with van der Waals surface area (Å²) in [5.74, 6) is -0.374. The zero-order valence-electron chi connectivity index (χ0n) is 8.66. The topological polar surface area (TPSA) is 22.0 Å². The molecule has 0 radical (unpaired) electrons. The van der Waals surface area contributed by atoms with Crippen LogP contribution in [-0.2, 0) is 6.54 Å². The first-order valence-electron chi connectivity index (χ1n) is 4.87. The highest BCUT2D eigenvalue weighted by atomic mass is 79.9. The van der Waals surface area contributed by atoms with Crippen LogP contribution in [0.15, 0.2) is 45.8 Å². The second kappa shape index (κ2) is 5.02. The number of halogens is 3. The van der Waals surface area contributed by atoms with Crippen molar-refractivity contribution >= 4 is 27.5 Å². The lowest BCUT2D eigenvalue weighted by Gasteiger charge is -2.07. The summed E-state index contributed by atoms with van der Waals surface area (Å²) >= 11 is 8.93. The van der Waals surface area contributed by atoms with E-state index in [1.54, 1.807) is 18.3 Å². The van der Waals surface area contributed by atoms with Gasteiger partial charge in [-0.3, -0.25) is 4.79 Å². The molecular formula is C12H8BrClFNO. The van der Waals surface area contributed by atoms with Crippen molar-refractivity contribution in [3.63, 3.8) is 0 Å². The van der Waals surface area contributed by atoms with Gasteiger partial charge in [0.2, 0.25) is 0 Å². The maximum atomic E-state index is 13.5. The Kier molecular flexibility index (Phi) is 3.64. The van der Waals surface area contributed by atoms with Crippen LogP contribution in [0, 0.1) is 5.82 Å². The molecule has 0 N–H and O–H groups in total. The van der Waals surface area contributed by atoms with E-state index < -0.39 is 0 Å². The fourth-order valence-electron chi connectivity index (χ4n) is 1.48.